The van der Waals surface area contributed by atoms with Gasteiger partial charge in [0.05, 0.1) is 24.0 Å². The first kappa shape index (κ1) is 18.9. The van der Waals surface area contributed by atoms with Crippen LogP contribution in [0.25, 0.3) is 22.5 Å². The molecule has 0 bridgehead atoms. The Labute approximate surface area is 170 Å². The van der Waals surface area contributed by atoms with Gasteiger partial charge in [0.1, 0.15) is 11.5 Å². The van der Waals surface area contributed by atoms with Crippen LogP contribution in [0, 0.1) is 11.2 Å². The van der Waals surface area contributed by atoms with Crippen molar-refractivity contribution < 1.29 is 9.18 Å². The lowest BCUT2D eigenvalue weighted by Gasteiger charge is -2.08. The van der Waals surface area contributed by atoms with Gasteiger partial charge in [-0.1, -0.05) is 17.8 Å². The minimum atomic E-state index is -0.628. The number of pyridine rings is 1. The molecular weight excluding hydrogens is 391 g/mol. The maximum Gasteiger partial charge on any atom is 0.260 e. The van der Waals surface area contributed by atoms with E-state index >= 15 is 0 Å². The van der Waals surface area contributed by atoms with Gasteiger partial charge < -0.3 is 16.5 Å². The van der Waals surface area contributed by atoms with Crippen LogP contribution in [0.2, 0.25) is 0 Å². The van der Waals surface area contributed by atoms with Crippen molar-refractivity contribution in [2.75, 3.05) is 12.3 Å². The SMILES string of the molecule is N=CC(=CN)c1ccc2ncc(-c3ccc(C(=O)NC4=NCCS4)c(F)c3)n2c1. The fraction of sp³-hybridized carbons (Fsp3) is 0.100. The number of nitrogens with two attached hydrogens (primary N) is 1. The molecule has 0 radical (unpaired) electrons. The zero-order chi connectivity index (χ0) is 20.4. The van der Waals surface area contributed by atoms with E-state index < -0.39 is 11.7 Å². The van der Waals surface area contributed by atoms with Gasteiger partial charge in [0, 0.05) is 41.1 Å². The number of halogens is 1. The summed E-state index contributed by atoms with van der Waals surface area (Å²) in [6.07, 6.45) is 5.94. The van der Waals surface area contributed by atoms with Crippen LogP contribution < -0.4 is 11.1 Å². The number of imidazole rings is 1. The van der Waals surface area contributed by atoms with Gasteiger partial charge >= 0.3 is 0 Å². The molecule has 1 aliphatic heterocycles. The second kappa shape index (κ2) is 7.88. The number of amides is 1. The minimum absolute atomic E-state index is 0.0457. The van der Waals surface area contributed by atoms with Crippen molar-refractivity contribution in [2.24, 2.45) is 10.7 Å². The van der Waals surface area contributed by atoms with Crippen molar-refractivity contribution in [3.05, 3.63) is 65.9 Å². The summed E-state index contributed by atoms with van der Waals surface area (Å²) in [4.78, 5) is 20.8. The van der Waals surface area contributed by atoms with Gasteiger partial charge in [0.2, 0.25) is 0 Å². The summed E-state index contributed by atoms with van der Waals surface area (Å²) in [5, 5.41) is 10.6. The number of aliphatic imine (C=N–C) groups is 1. The van der Waals surface area contributed by atoms with Crippen LogP contribution in [0.4, 0.5) is 4.39 Å². The maximum absolute atomic E-state index is 14.7. The molecule has 3 heterocycles. The molecule has 29 heavy (non-hydrogen) atoms. The van der Waals surface area contributed by atoms with E-state index in [2.05, 4.69) is 15.3 Å². The monoisotopic (exact) mass is 408 g/mol. The average Bonchev–Trinajstić information content (AvgIpc) is 3.38. The van der Waals surface area contributed by atoms with Gasteiger partial charge in [0.25, 0.3) is 5.91 Å². The Balaban J connectivity index is 1.69. The Kier molecular flexibility index (Phi) is 5.13. The number of benzene rings is 1. The lowest BCUT2D eigenvalue weighted by atomic mass is 10.1. The normalized spacial score (nSPS) is 14.1. The highest BCUT2D eigenvalue weighted by Crippen LogP contribution is 2.25. The molecule has 4 N–H and O–H groups in total. The molecule has 3 aromatic rings. The number of amidine groups is 1. The summed E-state index contributed by atoms with van der Waals surface area (Å²) in [5.41, 5.74) is 8.72. The largest absolute Gasteiger partial charge is 0.404 e. The summed E-state index contributed by atoms with van der Waals surface area (Å²) in [6.45, 7) is 0.650. The Morgan fingerprint density at radius 1 is 1.34 bits per heavy atom. The number of allylic oxidation sites excluding steroid dienone is 1. The molecule has 0 spiro atoms. The Bertz CT molecular complexity index is 1180. The van der Waals surface area contributed by atoms with Crippen LogP contribution >= 0.6 is 11.8 Å². The van der Waals surface area contributed by atoms with E-state index in [0.717, 1.165) is 17.5 Å². The predicted octanol–water partition coefficient (Wildman–Crippen LogP) is 2.92. The van der Waals surface area contributed by atoms with Crippen molar-refractivity contribution in [2.45, 2.75) is 0 Å². The molecule has 1 aromatic carbocycles. The summed E-state index contributed by atoms with van der Waals surface area (Å²) in [6, 6.07) is 8.04. The van der Waals surface area contributed by atoms with Crippen LogP contribution in [0.3, 0.4) is 0 Å². The number of carbonyl (C=O) groups excluding carboxylic acids is 1. The smallest absolute Gasteiger partial charge is 0.260 e. The number of nitrogens with zero attached hydrogens (tertiary/aromatic N) is 3. The molecule has 146 valence electrons. The standard InChI is InChI=1S/C20H17FN6OS/c21-16-7-12(1-3-15(16)19(28)26-20-24-5-6-29-20)17-10-25-18-4-2-13(11-27(17)18)14(8-22)9-23/h1-4,7-11,22H,5-6,23H2,(H,24,26,28). The maximum atomic E-state index is 14.7. The van der Waals surface area contributed by atoms with E-state index in [4.69, 9.17) is 11.1 Å². The number of nitrogens with one attached hydrogen (secondary N) is 2. The average molecular weight is 408 g/mol. The van der Waals surface area contributed by atoms with Crippen LogP contribution in [0.15, 0.2) is 53.9 Å². The summed E-state index contributed by atoms with van der Waals surface area (Å²) in [5.74, 6) is -0.338. The van der Waals surface area contributed by atoms with E-state index in [-0.39, 0.29) is 5.56 Å². The Hall–Kier alpha value is -3.46. The van der Waals surface area contributed by atoms with Crippen molar-refractivity contribution >= 4 is 40.3 Å². The minimum Gasteiger partial charge on any atom is -0.404 e. The Morgan fingerprint density at radius 2 is 2.21 bits per heavy atom. The van der Waals surface area contributed by atoms with Gasteiger partial charge in [-0.15, -0.1) is 0 Å². The van der Waals surface area contributed by atoms with Gasteiger partial charge in [-0.25, -0.2) is 9.37 Å². The number of hydrogen-bond donors (Lipinski definition) is 3. The molecule has 0 aliphatic carbocycles. The van der Waals surface area contributed by atoms with Gasteiger partial charge in [0.15, 0.2) is 5.17 Å². The first-order chi connectivity index (χ1) is 14.1. The zero-order valence-electron chi connectivity index (χ0n) is 15.2. The van der Waals surface area contributed by atoms with Gasteiger partial charge in [-0.05, 0) is 24.3 Å². The third-order valence-electron chi connectivity index (χ3n) is 4.49. The van der Waals surface area contributed by atoms with Gasteiger partial charge in [-0.3, -0.25) is 14.2 Å². The summed E-state index contributed by atoms with van der Waals surface area (Å²) >= 11 is 1.44. The molecular formula is C20H17FN6OS. The second-order valence-electron chi connectivity index (χ2n) is 6.24. The van der Waals surface area contributed by atoms with E-state index in [0.29, 0.717) is 34.2 Å². The molecule has 0 saturated heterocycles. The highest BCUT2D eigenvalue weighted by molar-refractivity contribution is 8.14. The van der Waals surface area contributed by atoms with E-state index in [9.17, 15) is 9.18 Å². The van der Waals surface area contributed by atoms with Crippen molar-refractivity contribution in [3.8, 4) is 11.3 Å². The number of aromatic nitrogens is 2. The van der Waals surface area contributed by atoms with E-state index in [1.54, 1.807) is 28.9 Å². The van der Waals surface area contributed by atoms with Crippen LogP contribution in [0.5, 0.6) is 0 Å². The quantitative estimate of drug-likeness (QED) is 0.577. The second-order valence-corrected chi connectivity index (χ2v) is 7.32. The fourth-order valence-corrected chi connectivity index (χ4v) is 3.75. The topological polar surface area (TPSA) is 109 Å². The third-order valence-corrected chi connectivity index (χ3v) is 5.38. The van der Waals surface area contributed by atoms with Crippen molar-refractivity contribution in [1.29, 1.82) is 5.41 Å². The summed E-state index contributed by atoms with van der Waals surface area (Å²) < 4.78 is 16.5. The first-order valence-corrected chi connectivity index (χ1v) is 9.77. The zero-order valence-corrected chi connectivity index (χ0v) is 16.0. The molecule has 0 unspecified atom stereocenters. The lowest BCUT2D eigenvalue weighted by Crippen LogP contribution is -2.28. The predicted molar refractivity (Wildman–Crippen MR) is 114 cm³/mol. The van der Waals surface area contributed by atoms with E-state index in [1.807, 2.05) is 6.07 Å². The highest BCUT2D eigenvalue weighted by atomic mass is 32.2. The molecule has 7 nitrogen and oxygen atoms in total. The summed E-state index contributed by atoms with van der Waals surface area (Å²) in [7, 11) is 0. The fourth-order valence-electron chi connectivity index (χ4n) is 3.03. The number of hydrogen-bond acceptors (Lipinski definition) is 6. The molecule has 2 aromatic heterocycles. The number of rotatable bonds is 4. The number of carbonyl (C=O) groups is 1. The molecule has 1 aliphatic rings. The molecule has 0 fully saturated rings. The van der Waals surface area contributed by atoms with Crippen LogP contribution in [-0.4, -0.2) is 39.0 Å². The first-order valence-electron chi connectivity index (χ1n) is 8.79. The molecule has 4 rings (SSSR count). The van der Waals surface area contributed by atoms with Crippen molar-refractivity contribution in [3.63, 3.8) is 0 Å². The Morgan fingerprint density at radius 3 is 2.90 bits per heavy atom. The van der Waals surface area contributed by atoms with Crippen LogP contribution in [0.1, 0.15) is 15.9 Å². The molecule has 1 amide bonds. The van der Waals surface area contributed by atoms with Crippen LogP contribution in [-0.2, 0) is 0 Å². The molecule has 9 heteroatoms. The third kappa shape index (κ3) is 3.64. The molecule has 0 atom stereocenters. The van der Waals surface area contributed by atoms with E-state index in [1.165, 1.54) is 30.1 Å². The highest BCUT2D eigenvalue weighted by Gasteiger charge is 2.17. The number of thioether (sulfide) groups is 1. The molecule has 0 saturated carbocycles. The van der Waals surface area contributed by atoms with Crippen molar-refractivity contribution in [1.82, 2.24) is 14.7 Å². The van der Waals surface area contributed by atoms with Gasteiger partial charge in [-0.2, -0.15) is 0 Å². The number of fused-ring (bicyclic) bond motifs is 1. The lowest BCUT2D eigenvalue weighted by molar-refractivity contribution is 0.0974.